The minimum Gasteiger partial charge on any atom is -0.444 e. The van der Waals surface area contributed by atoms with E-state index in [0.29, 0.717) is 19.6 Å². The third-order valence-electron chi connectivity index (χ3n) is 3.00. The first-order valence-corrected chi connectivity index (χ1v) is 5.60. The van der Waals surface area contributed by atoms with Gasteiger partial charge in [0.2, 0.25) is 0 Å². The number of fused-ring (bicyclic) bond motifs is 2. The van der Waals surface area contributed by atoms with Crippen LogP contribution in [-0.4, -0.2) is 53.1 Å². The first-order valence-electron chi connectivity index (χ1n) is 5.60. The van der Waals surface area contributed by atoms with Crippen molar-refractivity contribution >= 4 is 6.09 Å². The molecule has 2 rings (SSSR count). The molecule has 2 heterocycles. The Labute approximate surface area is 95.3 Å². The lowest BCUT2D eigenvalue weighted by Gasteiger charge is -2.33. The fourth-order valence-corrected chi connectivity index (χ4v) is 2.26. The quantitative estimate of drug-likeness (QED) is 0.721. The topological polar surface area (TPSA) is 59.0 Å². The lowest BCUT2D eigenvalue weighted by atomic mass is 10.1. The van der Waals surface area contributed by atoms with Crippen LogP contribution in [0.4, 0.5) is 4.79 Å². The molecule has 2 fully saturated rings. The number of amides is 1. The summed E-state index contributed by atoms with van der Waals surface area (Å²) in [5, 5.41) is 9.27. The first kappa shape index (κ1) is 11.7. The van der Waals surface area contributed by atoms with Crippen LogP contribution in [0.3, 0.4) is 0 Å². The van der Waals surface area contributed by atoms with E-state index in [-0.39, 0.29) is 18.7 Å². The average molecular weight is 229 g/mol. The highest BCUT2D eigenvalue weighted by molar-refractivity contribution is 5.69. The van der Waals surface area contributed by atoms with E-state index in [2.05, 4.69) is 0 Å². The van der Waals surface area contributed by atoms with Gasteiger partial charge < -0.3 is 14.6 Å². The minimum atomic E-state index is -0.540. The third kappa shape index (κ3) is 2.01. The number of aliphatic hydroxyl groups is 1. The van der Waals surface area contributed by atoms with Crippen molar-refractivity contribution in [2.45, 2.75) is 44.4 Å². The SMILES string of the molecule is CC(C)(C)OC(=O)N1CC2(CO)CC1CO2. The van der Waals surface area contributed by atoms with E-state index in [9.17, 15) is 9.90 Å². The van der Waals surface area contributed by atoms with E-state index >= 15 is 0 Å². The molecule has 2 saturated heterocycles. The maximum absolute atomic E-state index is 11.9. The number of aliphatic hydroxyl groups excluding tert-OH is 1. The Bertz CT molecular complexity index is 299. The number of hydrogen-bond acceptors (Lipinski definition) is 4. The van der Waals surface area contributed by atoms with Gasteiger partial charge in [0.15, 0.2) is 0 Å². The van der Waals surface area contributed by atoms with E-state index < -0.39 is 11.2 Å². The van der Waals surface area contributed by atoms with Gasteiger partial charge in [-0.05, 0) is 20.8 Å². The van der Waals surface area contributed by atoms with Crippen molar-refractivity contribution in [2.75, 3.05) is 19.8 Å². The number of carbonyl (C=O) groups excluding carboxylic acids is 1. The molecule has 0 spiro atoms. The second-order valence-electron chi connectivity index (χ2n) is 5.62. The molecule has 16 heavy (non-hydrogen) atoms. The summed E-state index contributed by atoms with van der Waals surface area (Å²) in [5.74, 6) is 0. The van der Waals surface area contributed by atoms with Crippen molar-refractivity contribution in [1.29, 1.82) is 0 Å². The van der Waals surface area contributed by atoms with Gasteiger partial charge in [0.1, 0.15) is 11.2 Å². The molecule has 2 aliphatic rings. The second-order valence-corrected chi connectivity index (χ2v) is 5.62. The van der Waals surface area contributed by atoms with Crippen LogP contribution in [0, 0.1) is 0 Å². The number of ether oxygens (including phenoxy) is 2. The monoisotopic (exact) mass is 229 g/mol. The van der Waals surface area contributed by atoms with E-state index in [0.717, 1.165) is 0 Å². The molecule has 2 bridgehead atoms. The lowest BCUT2D eigenvalue weighted by Crippen LogP contribution is -2.48. The van der Waals surface area contributed by atoms with Crippen LogP contribution in [0.15, 0.2) is 0 Å². The lowest BCUT2D eigenvalue weighted by molar-refractivity contribution is -0.0756. The molecule has 2 aliphatic heterocycles. The number of hydrogen-bond donors (Lipinski definition) is 1. The third-order valence-corrected chi connectivity index (χ3v) is 3.00. The molecule has 1 amide bonds. The van der Waals surface area contributed by atoms with Crippen LogP contribution < -0.4 is 0 Å². The van der Waals surface area contributed by atoms with Crippen molar-refractivity contribution in [3.8, 4) is 0 Å². The Balaban J connectivity index is 2.01. The van der Waals surface area contributed by atoms with Gasteiger partial charge in [-0.2, -0.15) is 0 Å². The van der Waals surface area contributed by atoms with Gasteiger partial charge in [-0.15, -0.1) is 0 Å². The normalized spacial score (nSPS) is 33.2. The van der Waals surface area contributed by atoms with Crippen LogP contribution in [-0.2, 0) is 9.47 Å². The Morgan fingerprint density at radius 2 is 2.31 bits per heavy atom. The summed E-state index contributed by atoms with van der Waals surface area (Å²) in [4.78, 5) is 13.5. The van der Waals surface area contributed by atoms with Crippen LogP contribution in [0.5, 0.6) is 0 Å². The molecule has 0 aromatic carbocycles. The highest BCUT2D eigenvalue weighted by Crippen LogP contribution is 2.37. The number of carbonyl (C=O) groups is 1. The van der Waals surface area contributed by atoms with Crippen molar-refractivity contribution in [1.82, 2.24) is 4.90 Å². The summed E-state index contributed by atoms with van der Waals surface area (Å²) in [7, 11) is 0. The van der Waals surface area contributed by atoms with Crippen LogP contribution in [0.25, 0.3) is 0 Å². The second kappa shape index (κ2) is 3.60. The van der Waals surface area contributed by atoms with Crippen molar-refractivity contribution in [3.63, 3.8) is 0 Å². The molecular formula is C11H19NO4. The molecule has 0 aliphatic carbocycles. The zero-order valence-corrected chi connectivity index (χ0v) is 10.0. The standard InChI is InChI=1S/C11H19NO4/c1-10(2,3)16-9(14)12-6-11(7-13)4-8(12)5-15-11/h8,13H,4-7H2,1-3H3. The van der Waals surface area contributed by atoms with E-state index in [1.165, 1.54) is 0 Å². The fourth-order valence-electron chi connectivity index (χ4n) is 2.26. The smallest absolute Gasteiger partial charge is 0.410 e. The van der Waals surface area contributed by atoms with Crippen molar-refractivity contribution in [2.24, 2.45) is 0 Å². The largest absolute Gasteiger partial charge is 0.444 e. The maximum atomic E-state index is 11.9. The Morgan fingerprint density at radius 3 is 2.81 bits per heavy atom. The molecule has 1 N–H and O–H groups in total. The molecule has 2 atom stereocenters. The van der Waals surface area contributed by atoms with Gasteiger partial charge in [0.05, 0.1) is 25.8 Å². The fraction of sp³-hybridized carbons (Fsp3) is 0.909. The Kier molecular flexibility index (Phi) is 2.62. The molecule has 5 nitrogen and oxygen atoms in total. The molecule has 92 valence electrons. The van der Waals surface area contributed by atoms with Gasteiger partial charge in [0.25, 0.3) is 0 Å². The van der Waals surface area contributed by atoms with Crippen LogP contribution in [0.1, 0.15) is 27.2 Å². The van der Waals surface area contributed by atoms with Gasteiger partial charge in [-0.1, -0.05) is 0 Å². The van der Waals surface area contributed by atoms with Gasteiger partial charge >= 0.3 is 6.09 Å². The predicted molar refractivity (Wildman–Crippen MR) is 57.1 cm³/mol. The molecular weight excluding hydrogens is 210 g/mol. The molecule has 0 aromatic heterocycles. The van der Waals surface area contributed by atoms with Crippen LogP contribution >= 0.6 is 0 Å². The zero-order valence-electron chi connectivity index (χ0n) is 10.0. The highest BCUT2D eigenvalue weighted by Gasteiger charge is 2.53. The number of likely N-dealkylation sites (tertiary alicyclic amines) is 1. The summed E-state index contributed by atoms with van der Waals surface area (Å²) >= 11 is 0. The minimum absolute atomic E-state index is 0.0389. The summed E-state index contributed by atoms with van der Waals surface area (Å²) in [5.41, 5.74) is -1.02. The summed E-state index contributed by atoms with van der Waals surface area (Å²) in [6.45, 7) is 6.43. The maximum Gasteiger partial charge on any atom is 0.410 e. The summed E-state index contributed by atoms with van der Waals surface area (Å²) in [6.07, 6.45) is 0.402. The van der Waals surface area contributed by atoms with E-state index in [1.54, 1.807) is 4.90 Å². The van der Waals surface area contributed by atoms with Crippen molar-refractivity contribution < 1.29 is 19.4 Å². The molecule has 0 saturated carbocycles. The van der Waals surface area contributed by atoms with E-state index in [4.69, 9.17) is 9.47 Å². The first-order chi connectivity index (χ1) is 7.35. The number of nitrogens with zero attached hydrogens (tertiary/aromatic N) is 1. The van der Waals surface area contributed by atoms with Crippen LogP contribution in [0.2, 0.25) is 0 Å². The van der Waals surface area contributed by atoms with E-state index in [1.807, 2.05) is 20.8 Å². The molecule has 0 radical (unpaired) electrons. The number of morpholine rings is 1. The zero-order chi connectivity index (χ0) is 12.0. The Hall–Kier alpha value is -0.810. The average Bonchev–Trinajstić information content (AvgIpc) is 2.72. The van der Waals surface area contributed by atoms with Crippen molar-refractivity contribution in [3.05, 3.63) is 0 Å². The molecule has 0 aromatic rings. The van der Waals surface area contributed by atoms with Gasteiger partial charge in [0, 0.05) is 6.42 Å². The summed E-state index contributed by atoms with van der Waals surface area (Å²) < 4.78 is 10.8. The summed E-state index contributed by atoms with van der Waals surface area (Å²) in [6, 6.07) is 0.0574. The molecule has 2 unspecified atom stereocenters. The molecule has 5 heteroatoms. The van der Waals surface area contributed by atoms with Gasteiger partial charge in [-0.25, -0.2) is 4.79 Å². The predicted octanol–water partition coefficient (Wildman–Crippen LogP) is 0.757. The highest BCUT2D eigenvalue weighted by atomic mass is 16.6. The Morgan fingerprint density at radius 1 is 1.62 bits per heavy atom. The number of rotatable bonds is 1. The van der Waals surface area contributed by atoms with Gasteiger partial charge in [-0.3, -0.25) is 4.90 Å².